The highest BCUT2D eigenvalue weighted by Crippen LogP contribution is 2.47. The summed E-state index contributed by atoms with van der Waals surface area (Å²) >= 11 is 0. The van der Waals surface area contributed by atoms with Crippen molar-refractivity contribution >= 4 is 35.8 Å². The molecule has 2 nitrogen and oxygen atoms in total. The van der Waals surface area contributed by atoms with Gasteiger partial charge in [0.25, 0.3) is 0 Å². The summed E-state index contributed by atoms with van der Waals surface area (Å²) in [7, 11) is 0. The molecule has 200 valence electrons. The van der Waals surface area contributed by atoms with E-state index in [0.29, 0.717) is 0 Å². The van der Waals surface area contributed by atoms with Crippen LogP contribution >= 0.6 is 0 Å². The molecule has 39 heavy (non-hydrogen) atoms. The van der Waals surface area contributed by atoms with Gasteiger partial charge in [-0.05, 0) is 66.1 Å². The molecule has 3 aromatic rings. The van der Waals surface area contributed by atoms with E-state index in [-0.39, 0.29) is 10.8 Å². The Morgan fingerprint density at radius 1 is 0.795 bits per heavy atom. The Bertz CT molecular complexity index is 1600. The molecule has 2 aliphatic heterocycles. The van der Waals surface area contributed by atoms with Crippen molar-refractivity contribution in [1.82, 2.24) is 0 Å². The molecule has 0 aromatic heterocycles. The number of anilines is 1. The number of para-hydroxylation sites is 2. The molecule has 0 spiro atoms. The number of hydrogen-bond donors (Lipinski definition) is 0. The van der Waals surface area contributed by atoms with Gasteiger partial charge in [-0.3, -0.25) is 0 Å². The van der Waals surface area contributed by atoms with Crippen LogP contribution in [0, 0.1) is 0 Å². The Morgan fingerprint density at radius 3 is 2.26 bits per heavy atom. The molecule has 0 radical (unpaired) electrons. The summed E-state index contributed by atoms with van der Waals surface area (Å²) in [6.07, 6.45) is 11.4. The summed E-state index contributed by atoms with van der Waals surface area (Å²) in [5.74, 6) is 0. The normalized spacial score (nSPS) is 18.9. The first-order valence-electron chi connectivity index (χ1n) is 14.5. The van der Waals surface area contributed by atoms with Crippen molar-refractivity contribution in [1.29, 1.82) is 0 Å². The molecule has 0 fully saturated rings. The number of allylic oxidation sites excluding steroid dienone is 3. The SMILES string of the molecule is C=c1ccc(C=CC2=[N+](CCC)c3ccccc3C2(C)C)cc1=CC=C1N(CCC)c2ccccc2C1(C)C. The smallest absolute Gasteiger partial charge is 0.209 e. The minimum absolute atomic E-state index is 0.0281. The Kier molecular flexibility index (Phi) is 7.25. The van der Waals surface area contributed by atoms with Gasteiger partial charge in [-0.25, -0.2) is 0 Å². The molecular weight excluding hydrogens is 472 g/mol. The second-order valence-electron chi connectivity index (χ2n) is 12.0. The standard InChI is InChI=1S/C37H43N2/c1-8-24-38-32-16-12-10-14-30(32)36(4,5)34(38)22-20-28-19-18-27(3)29(26-28)21-23-35-37(6,7)31-15-11-13-17-33(31)39(35)25-9-2/h10-23,26H,3,8-9,24-25H2,1-2,4-7H3/q+1. The molecule has 0 unspecified atom stereocenters. The molecule has 2 heterocycles. The molecule has 0 N–H and O–H groups in total. The average molecular weight is 516 g/mol. The van der Waals surface area contributed by atoms with E-state index in [0.717, 1.165) is 36.4 Å². The van der Waals surface area contributed by atoms with E-state index in [1.807, 2.05) is 0 Å². The van der Waals surface area contributed by atoms with Crippen molar-refractivity contribution in [2.45, 2.75) is 65.2 Å². The van der Waals surface area contributed by atoms with Crippen LogP contribution in [0.3, 0.4) is 0 Å². The third-order valence-corrected chi connectivity index (χ3v) is 8.52. The van der Waals surface area contributed by atoms with Crippen molar-refractivity contribution in [2.75, 3.05) is 18.0 Å². The first-order chi connectivity index (χ1) is 18.7. The van der Waals surface area contributed by atoms with Crippen LogP contribution in [-0.4, -0.2) is 23.4 Å². The van der Waals surface area contributed by atoms with Gasteiger partial charge in [0.05, 0.1) is 5.41 Å². The second kappa shape index (κ2) is 10.5. The molecular formula is C37H43N2+. The zero-order valence-electron chi connectivity index (χ0n) is 24.6. The van der Waals surface area contributed by atoms with Crippen LogP contribution in [0.25, 0.3) is 18.7 Å². The lowest BCUT2D eigenvalue weighted by molar-refractivity contribution is -0.437. The van der Waals surface area contributed by atoms with Gasteiger partial charge in [-0.1, -0.05) is 88.9 Å². The molecule has 0 aliphatic carbocycles. The molecule has 0 saturated heterocycles. The van der Waals surface area contributed by atoms with Gasteiger partial charge in [0.1, 0.15) is 6.54 Å². The number of nitrogens with zero attached hydrogens (tertiary/aromatic N) is 2. The Morgan fingerprint density at radius 2 is 1.51 bits per heavy atom. The van der Waals surface area contributed by atoms with E-state index >= 15 is 0 Å². The zero-order chi connectivity index (χ0) is 27.8. The summed E-state index contributed by atoms with van der Waals surface area (Å²) in [5, 5.41) is 2.21. The maximum absolute atomic E-state index is 4.35. The van der Waals surface area contributed by atoms with Crippen molar-refractivity contribution < 1.29 is 4.58 Å². The minimum Gasteiger partial charge on any atom is -0.344 e. The monoisotopic (exact) mass is 515 g/mol. The zero-order valence-corrected chi connectivity index (χ0v) is 24.6. The van der Waals surface area contributed by atoms with Gasteiger partial charge >= 0.3 is 0 Å². The maximum Gasteiger partial charge on any atom is 0.209 e. The van der Waals surface area contributed by atoms with Crippen LogP contribution in [0.5, 0.6) is 0 Å². The number of hydrogen-bond acceptors (Lipinski definition) is 1. The predicted octanol–water partition coefficient (Wildman–Crippen LogP) is 7.47. The molecule has 0 saturated carbocycles. The summed E-state index contributed by atoms with van der Waals surface area (Å²) in [4.78, 5) is 2.50. The minimum atomic E-state index is -0.0381. The lowest BCUT2D eigenvalue weighted by atomic mass is 9.81. The Hall–Kier alpha value is -3.65. The topological polar surface area (TPSA) is 6.25 Å². The highest BCUT2D eigenvalue weighted by Gasteiger charge is 2.43. The maximum atomic E-state index is 4.35. The van der Waals surface area contributed by atoms with Gasteiger partial charge < -0.3 is 4.90 Å². The third kappa shape index (κ3) is 4.71. The molecule has 3 aromatic carbocycles. The van der Waals surface area contributed by atoms with Crippen LogP contribution in [0.1, 0.15) is 71.1 Å². The van der Waals surface area contributed by atoms with E-state index in [1.165, 1.54) is 39.5 Å². The molecule has 5 rings (SSSR count). The van der Waals surface area contributed by atoms with E-state index < -0.39 is 0 Å². The molecule has 2 aliphatic rings. The predicted molar refractivity (Wildman–Crippen MR) is 169 cm³/mol. The van der Waals surface area contributed by atoms with E-state index in [4.69, 9.17) is 0 Å². The fourth-order valence-electron chi connectivity index (χ4n) is 6.43. The van der Waals surface area contributed by atoms with Gasteiger partial charge in [0.2, 0.25) is 5.69 Å². The first kappa shape index (κ1) is 26.9. The molecule has 0 atom stereocenters. The number of fused-ring (bicyclic) bond motifs is 2. The molecule has 0 bridgehead atoms. The fourth-order valence-corrected chi connectivity index (χ4v) is 6.43. The Labute approximate surface area is 235 Å². The highest BCUT2D eigenvalue weighted by atomic mass is 15.2. The molecule has 0 amide bonds. The summed E-state index contributed by atoms with van der Waals surface area (Å²) in [5.41, 5.74) is 9.33. The van der Waals surface area contributed by atoms with Crippen LogP contribution in [0.4, 0.5) is 11.4 Å². The van der Waals surface area contributed by atoms with Gasteiger partial charge in [-0.2, -0.15) is 4.58 Å². The number of rotatable bonds is 7. The van der Waals surface area contributed by atoms with E-state index in [2.05, 4.69) is 149 Å². The third-order valence-electron chi connectivity index (χ3n) is 8.52. The van der Waals surface area contributed by atoms with Crippen LogP contribution in [0.2, 0.25) is 0 Å². The quantitative estimate of drug-likeness (QED) is 0.296. The Balaban J connectivity index is 1.53. The van der Waals surface area contributed by atoms with Crippen molar-refractivity contribution in [2.24, 2.45) is 0 Å². The van der Waals surface area contributed by atoms with Crippen LogP contribution in [0.15, 0.2) is 84.6 Å². The molecule has 2 heteroatoms. The lowest BCUT2D eigenvalue weighted by Gasteiger charge is -2.26. The van der Waals surface area contributed by atoms with Gasteiger partial charge in [0, 0.05) is 47.5 Å². The van der Waals surface area contributed by atoms with Crippen molar-refractivity contribution in [3.8, 4) is 0 Å². The summed E-state index contributed by atoms with van der Waals surface area (Å²) in [6.45, 7) is 20.3. The highest BCUT2D eigenvalue weighted by molar-refractivity contribution is 6.05. The summed E-state index contributed by atoms with van der Waals surface area (Å²) < 4.78 is 2.50. The van der Waals surface area contributed by atoms with Gasteiger partial charge in [0.15, 0.2) is 5.71 Å². The van der Waals surface area contributed by atoms with Gasteiger partial charge in [-0.15, -0.1) is 0 Å². The number of benzene rings is 3. The van der Waals surface area contributed by atoms with Crippen LogP contribution < -0.4 is 15.3 Å². The first-order valence-corrected chi connectivity index (χ1v) is 14.5. The average Bonchev–Trinajstić information content (AvgIpc) is 3.27. The largest absolute Gasteiger partial charge is 0.344 e. The second-order valence-corrected chi connectivity index (χ2v) is 12.0. The van der Waals surface area contributed by atoms with E-state index in [9.17, 15) is 0 Å². The summed E-state index contributed by atoms with van der Waals surface area (Å²) in [6, 6.07) is 24.3. The lowest BCUT2D eigenvalue weighted by Crippen LogP contribution is -2.28. The van der Waals surface area contributed by atoms with Crippen molar-refractivity contribution in [3.63, 3.8) is 0 Å². The van der Waals surface area contributed by atoms with E-state index in [1.54, 1.807) is 0 Å². The van der Waals surface area contributed by atoms with Crippen molar-refractivity contribution in [3.05, 3.63) is 112 Å². The van der Waals surface area contributed by atoms with Crippen LogP contribution in [-0.2, 0) is 10.8 Å². The fraction of sp³-hybridized carbons (Fsp3) is 0.324.